The van der Waals surface area contributed by atoms with E-state index in [0.29, 0.717) is 0 Å². The van der Waals surface area contributed by atoms with E-state index in [-0.39, 0.29) is 5.54 Å². The van der Waals surface area contributed by atoms with Gasteiger partial charge in [-0.2, -0.15) is 5.26 Å². The maximum absolute atomic E-state index is 9.21. The summed E-state index contributed by atoms with van der Waals surface area (Å²) in [7, 11) is 5.78. The Morgan fingerprint density at radius 2 is 2.21 bits per heavy atom. The van der Waals surface area contributed by atoms with Crippen molar-refractivity contribution in [3.63, 3.8) is 0 Å². The van der Waals surface area contributed by atoms with Crippen molar-refractivity contribution in [3.05, 3.63) is 0 Å². The van der Waals surface area contributed by atoms with Crippen molar-refractivity contribution in [2.45, 2.75) is 36.1 Å². The van der Waals surface area contributed by atoms with Gasteiger partial charge in [-0.3, -0.25) is 0 Å². The van der Waals surface area contributed by atoms with E-state index in [4.69, 9.17) is 0 Å². The highest BCUT2D eigenvalue weighted by Crippen LogP contribution is 2.28. The molecule has 0 bridgehead atoms. The first-order valence-electron chi connectivity index (χ1n) is 6.30. The summed E-state index contributed by atoms with van der Waals surface area (Å²) >= 11 is 3.31. The molecular formula is C12H21N5S2. The van der Waals surface area contributed by atoms with Crippen molar-refractivity contribution < 1.29 is 0 Å². The van der Waals surface area contributed by atoms with Gasteiger partial charge in [0.25, 0.3) is 0 Å². The minimum absolute atomic E-state index is 0.378. The number of hydrogen-bond donors (Lipinski definition) is 1. The fourth-order valence-corrected chi connectivity index (χ4v) is 3.42. The number of anilines is 1. The summed E-state index contributed by atoms with van der Waals surface area (Å²) in [5, 5.41) is 21.5. The third-order valence-electron chi connectivity index (χ3n) is 3.05. The zero-order valence-corrected chi connectivity index (χ0v) is 13.6. The Bertz CT molecular complexity index is 420. The molecule has 0 spiro atoms. The van der Waals surface area contributed by atoms with Crippen LogP contribution in [0.25, 0.3) is 0 Å². The molecule has 0 amide bonds. The third-order valence-corrected chi connectivity index (χ3v) is 5.36. The second kappa shape index (κ2) is 7.68. The fourth-order valence-electron chi connectivity index (χ4n) is 1.64. The minimum atomic E-state index is -0.378. The van der Waals surface area contributed by atoms with Crippen LogP contribution in [-0.2, 0) is 0 Å². The molecule has 1 aromatic rings. The first kappa shape index (κ1) is 16.2. The van der Waals surface area contributed by atoms with Crippen molar-refractivity contribution in [3.8, 4) is 6.07 Å². The predicted octanol–water partition coefficient (Wildman–Crippen LogP) is 2.37. The molecule has 0 radical (unpaired) electrons. The van der Waals surface area contributed by atoms with Gasteiger partial charge in [0.15, 0.2) is 4.34 Å². The topological polar surface area (TPSA) is 64.8 Å². The molecule has 0 aliphatic rings. The highest BCUT2D eigenvalue weighted by atomic mass is 32.2. The largest absolute Gasteiger partial charge is 0.353 e. The van der Waals surface area contributed by atoms with Crippen LogP contribution in [0.2, 0.25) is 0 Å². The van der Waals surface area contributed by atoms with E-state index in [1.807, 2.05) is 33.0 Å². The molecule has 1 unspecified atom stereocenters. The normalized spacial score (nSPS) is 13.8. The number of nitrogens with zero attached hydrogens (tertiary/aromatic N) is 4. The van der Waals surface area contributed by atoms with E-state index < -0.39 is 0 Å². The predicted molar refractivity (Wildman–Crippen MR) is 81.9 cm³/mol. The molecule has 0 aromatic carbocycles. The van der Waals surface area contributed by atoms with Gasteiger partial charge < -0.3 is 10.2 Å². The Hall–Kier alpha value is -0.840. The molecule has 5 nitrogen and oxygen atoms in total. The van der Waals surface area contributed by atoms with Crippen molar-refractivity contribution >= 4 is 28.2 Å². The van der Waals surface area contributed by atoms with Crippen LogP contribution in [0.5, 0.6) is 0 Å². The average Bonchev–Trinajstić information content (AvgIpc) is 2.89. The van der Waals surface area contributed by atoms with Gasteiger partial charge in [-0.05, 0) is 26.3 Å². The highest BCUT2D eigenvalue weighted by Gasteiger charge is 2.24. The molecule has 1 heterocycles. The van der Waals surface area contributed by atoms with Gasteiger partial charge in [0, 0.05) is 19.8 Å². The molecule has 0 saturated carbocycles. The lowest BCUT2D eigenvalue weighted by atomic mass is 9.93. The quantitative estimate of drug-likeness (QED) is 0.587. The van der Waals surface area contributed by atoms with Crippen LogP contribution in [0.4, 0.5) is 5.13 Å². The maximum Gasteiger partial charge on any atom is 0.208 e. The van der Waals surface area contributed by atoms with Gasteiger partial charge in [0.1, 0.15) is 5.54 Å². The van der Waals surface area contributed by atoms with Crippen molar-refractivity contribution in [2.24, 2.45) is 0 Å². The van der Waals surface area contributed by atoms with Gasteiger partial charge in [-0.15, -0.1) is 10.2 Å². The van der Waals surface area contributed by atoms with E-state index in [9.17, 15) is 5.26 Å². The molecule has 19 heavy (non-hydrogen) atoms. The van der Waals surface area contributed by atoms with Crippen LogP contribution < -0.4 is 10.2 Å². The van der Waals surface area contributed by atoms with Crippen molar-refractivity contribution in [1.82, 2.24) is 15.5 Å². The van der Waals surface area contributed by atoms with E-state index in [1.54, 1.807) is 23.1 Å². The summed E-state index contributed by atoms with van der Waals surface area (Å²) in [6, 6.07) is 2.38. The van der Waals surface area contributed by atoms with Gasteiger partial charge >= 0.3 is 0 Å². The highest BCUT2D eigenvalue weighted by molar-refractivity contribution is 8.01. The number of aromatic nitrogens is 2. The lowest BCUT2D eigenvalue weighted by Crippen LogP contribution is -2.40. The van der Waals surface area contributed by atoms with Crippen molar-refractivity contribution in [2.75, 3.05) is 31.8 Å². The second-order valence-corrected chi connectivity index (χ2v) is 6.79. The molecule has 1 atom stereocenters. The molecule has 0 fully saturated rings. The molecule has 0 saturated heterocycles. The van der Waals surface area contributed by atoms with Gasteiger partial charge in [0.2, 0.25) is 5.13 Å². The Balaban J connectivity index is 2.36. The number of rotatable bonds is 8. The summed E-state index contributed by atoms with van der Waals surface area (Å²) < 4.78 is 0.993. The summed E-state index contributed by atoms with van der Waals surface area (Å²) in [5.74, 6) is 0.965. The monoisotopic (exact) mass is 299 g/mol. The standard InChI is InChI=1S/C12H21N5S2/c1-5-12(9-13,14-2)7-6-8-18-11-16-15-10(19-11)17(3)4/h14H,5-8H2,1-4H3. The lowest BCUT2D eigenvalue weighted by molar-refractivity contribution is 0.400. The van der Waals surface area contributed by atoms with Gasteiger partial charge in [0.05, 0.1) is 6.07 Å². The maximum atomic E-state index is 9.21. The number of thioether (sulfide) groups is 1. The molecule has 1 N–H and O–H groups in total. The van der Waals surface area contributed by atoms with Crippen molar-refractivity contribution in [1.29, 1.82) is 5.26 Å². The van der Waals surface area contributed by atoms with Crippen LogP contribution in [0.1, 0.15) is 26.2 Å². The average molecular weight is 299 g/mol. The molecule has 106 valence electrons. The summed E-state index contributed by atoms with van der Waals surface area (Å²) in [6.45, 7) is 2.04. The smallest absolute Gasteiger partial charge is 0.208 e. The Morgan fingerprint density at radius 3 is 2.68 bits per heavy atom. The van der Waals surface area contributed by atoms with E-state index >= 15 is 0 Å². The Kier molecular flexibility index (Phi) is 6.55. The number of hydrogen-bond acceptors (Lipinski definition) is 7. The van der Waals surface area contributed by atoms with Gasteiger partial charge in [-0.1, -0.05) is 30.0 Å². The van der Waals surface area contributed by atoms with Crippen LogP contribution >= 0.6 is 23.1 Å². The van der Waals surface area contributed by atoms with Crippen LogP contribution in [0, 0.1) is 11.3 Å². The zero-order valence-electron chi connectivity index (χ0n) is 11.9. The summed E-state index contributed by atoms with van der Waals surface area (Å²) in [5.41, 5.74) is -0.378. The van der Waals surface area contributed by atoms with E-state index in [1.165, 1.54) is 0 Å². The lowest BCUT2D eigenvalue weighted by Gasteiger charge is -2.23. The van der Waals surface area contributed by atoms with E-state index in [0.717, 1.165) is 34.5 Å². The molecule has 7 heteroatoms. The Morgan fingerprint density at radius 1 is 1.47 bits per heavy atom. The SMILES string of the molecule is CCC(C#N)(CCCSc1nnc(N(C)C)s1)NC. The molecular weight excluding hydrogens is 278 g/mol. The van der Waals surface area contributed by atoms with Crippen LogP contribution in [0.3, 0.4) is 0 Å². The number of nitrogens with one attached hydrogen (secondary N) is 1. The molecule has 1 rings (SSSR count). The van der Waals surface area contributed by atoms with Crippen LogP contribution in [0.15, 0.2) is 4.34 Å². The van der Waals surface area contributed by atoms with Gasteiger partial charge in [-0.25, -0.2) is 0 Å². The first-order chi connectivity index (χ1) is 9.06. The second-order valence-electron chi connectivity index (χ2n) is 4.49. The molecule has 0 aliphatic carbocycles. The van der Waals surface area contributed by atoms with E-state index in [2.05, 4.69) is 21.6 Å². The Labute approximate surface area is 123 Å². The first-order valence-corrected chi connectivity index (χ1v) is 8.11. The summed E-state index contributed by atoms with van der Waals surface area (Å²) in [6.07, 6.45) is 2.68. The molecule has 0 aliphatic heterocycles. The summed E-state index contributed by atoms with van der Waals surface area (Å²) in [4.78, 5) is 1.96. The fraction of sp³-hybridized carbons (Fsp3) is 0.750. The minimum Gasteiger partial charge on any atom is -0.353 e. The third kappa shape index (κ3) is 4.64. The van der Waals surface area contributed by atoms with Crippen LogP contribution in [-0.4, -0.2) is 42.6 Å². The molecule has 1 aromatic heterocycles. The number of nitriles is 1. The zero-order chi connectivity index (χ0) is 14.3.